The predicted molar refractivity (Wildman–Crippen MR) is 108 cm³/mol. The second kappa shape index (κ2) is 9.14. The van der Waals surface area contributed by atoms with Crippen LogP contribution in [0.1, 0.15) is 22.4 Å². The van der Waals surface area contributed by atoms with Crippen molar-refractivity contribution in [1.82, 2.24) is 14.8 Å². The van der Waals surface area contributed by atoms with E-state index in [9.17, 15) is 43.9 Å². The highest BCUT2D eigenvalue weighted by Crippen LogP contribution is 2.43. The van der Waals surface area contributed by atoms with Crippen molar-refractivity contribution in [2.45, 2.75) is 23.9 Å². The van der Waals surface area contributed by atoms with E-state index < -0.39 is 65.6 Å². The average Bonchev–Trinajstić information content (AvgIpc) is 3.12. The minimum absolute atomic E-state index is 0.0672. The van der Waals surface area contributed by atoms with Gasteiger partial charge in [0, 0.05) is 24.9 Å². The molecule has 1 aromatic carbocycles. The molecule has 188 valence electrons. The number of sulfone groups is 1. The Labute approximate surface area is 196 Å². The number of hydrogen-bond donors (Lipinski definition) is 0. The molecule has 0 aliphatic heterocycles. The monoisotopic (exact) mass is 542 g/mol. The van der Waals surface area contributed by atoms with E-state index in [1.165, 1.54) is 6.92 Å². The highest BCUT2D eigenvalue weighted by molar-refractivity contribution is 7.91. The SMILES string of the molecule is CCS(=O)(=O)c1cc(-c2cc(F)cc(F)c2)cnc1C(=O)/N=c1\sc(C(F)(F)C(F)(F)F)nn1C. The van der Waals surface area contributed by atoms with Crippen LogP contribution in [-0.4, -0.2) is 41.0 Å². The first kappa shape index (κ1) is 26.5. The molecule has 35 heavy (non-hydrogen) atoms. The van der Waals surface area contributed by atoms with Crippen molar-refractivity contribution in [1.29, 1.82) is 0 Å². The largest absolute Gasteiger partial charge is 0.460 e. The summed E-state index contributed by atoms with van der Waals surface area (Å²) >= 11 is -0.228. The Morgan fingerprint density at radius 2 is 1.66 bits per heavy atom. The molecule has 2 aromatic heterocycles. The minimum Gasteiger partial charge on any atom is -0.265 e. The summed E-state index contributed by atoms with van der Waals surface area (Å²) in [7, 11) is -3.23. The molecule has 0 N–H and O–H groups in total. The summed E-state index contributed by atoms with van der Waals surface area (Å²) in [6, 6.07) is 3.31. The molecule has 0 radical (unpaired) electrons. The normalized spacial score (nSPS) is 13.3. The fraction of sp³-hybridized carbons (Fsp3) is 0.263. The van der Waals surface area contributed by atoms with E-state index in [2.05, 4.69) is 15.1 Å². The number of benzene rings is 1. The Morgan fingerprint density at radius 1 is 1.06 bits per heavy atom. The van der Waals surface area contributed by atoms with Crippen molar-refractivity contribution in [2.75, 3.05) is 5.75 Å². The summed E-state index contributed by atoms with van der Waals surface area (Å²) in [6.45, 7) is 1.24. The third-order valence-corrected chi connectivity index (χ3v) is 7.30. The highest BCUT2D eigenvalue weighted by Gasteiger charge is 2.61. The van der Waals surface area contributed by atoms with Crippen LogP contribution in [0.5, 0.6) is 0 Å². The first-order chi connectivity index (χ1) is 16.1. The molecule has 0 bridgehead atoms. The minimum atomic E-state index is -5.95. The fourth-order valence-corrected chi connectivity index (χ4v) is 4.64. The van der Waals surface area contributed by atoms with Crippen molar-refractivity contribution >= 4 is 27.1 Å². The number of hydrogen-bond acceptors (Lipinski definition) is 6. The zero-order valence-electron chi connectivity index (χ0n) is 17.6. The molecule has 0 saturated heterocycles. The van der Waals surface area contributed by atoms with Crippen LogP contribution in [-0.2, 0) is 22.8 Å². The molecule has 0 atom stereocenters. The van der Waals surface area contributed by atoms with Gasteiger partial charge >= 0.3 is 12.1 Å². The van der Waals surface area contributed by atoms with Crippen LogP contribution in [0.25, 0.3) is 11.1 Å². The Morgan fingerprint density at radius 3 is 2.20 bits per heavy atom. The van der Waals surface area contributed by atoms with Crippen LogP contribution in [0.15, 0.2) is 40.4 Å². The third-order valence-electron chi connectivity index (χ3n) is 4.49. The lowest BCUT2D eigenvalue weighted by molar-refractivity contribution is -0.289. The molecular formula is C19H13F7N4O3S2. The van der Waals surface area contributed by atoms with Gasteiger partial charge in [0.15, 0.2) is 14.8 Å². The highest BCUT2D eigenvalue weighted by atomic mass is 32.2. The molecule has 0 saturated carbocycles. The molecule has 0 aliphatic carbocycles. The van der Waals surface area contributed by atoms with E-state index in [0.717, 1.165) is 31.4 Å². The fourth-order valence-electron chi connectivity index (χ4n) is 2.71. The van der Waals surface area contributed by atoms with E-state index in [-0.39, 0.29) is 22.5 Å². The maximum Gasteiger partial charge on any atom is 0.460 e. The molecule has 2 heterocycles. The maximum atomic E-state index is 13.6. The summed E-state index contributed by atoms with van der Waals surface area (Å²) in [4.78, 5) is 18.5. The number of nitrogens with zero attached hydrogens (tertiary/aromatic N) is 4. The van der Waals surface area contributed by atoms with Crippen molar-refractivity contribution in [3.63, 3.8) is 0 Å². The van der Waals surface area contributed by atoms with Crippen molar-refractivity contribution in [2.24, 2.45) is 12.0 Å². The molecule has 7 nitrogen and oxygen atoms in total. The molecule has 1 amide bonds. The number of alkyl halides is 5. The Hall–Kier alpha value is -3.14. The van der Waals surface area contributed by atoms with E-state index >= 15 is 0 Å². The smallest absolute Gasteiger partial charge is 0.265 e. The number of pyridine rings is 1. The molecule has 0 fully saturated rings. The van der Waals surface area contributed by atoms with Gasteiger partial charge in [0.1, 0.15) is 17.3 Å². The molecule has 0 unspecified atom stereocenters. The van der Waals surface area contributed by atoms with Gasteiger partial charge < -0.3 is 0 Å². The van der Waals surface area contributed by atoms with Gasteiger partial charge in [-0.1, -0.05) is 18.3 Å². The summed E-state index contributed by atoms with van der Waals surface area (Å²) in [5, 5.41) is 1.38. The lowest BCUT2D eigenvalue weighted by Crippen LogP contribution is -2.33. The van der Waals surface area contributed by atoms with Crippen LogP contribution in [0.2, 0.25) is 0 Å². The van der Waals surface area contributed by atoms with Crippen molar-refractivity contribution in [3.8, 4) is 11.1 Å². The van der Waals surface area contributed by atoms with Crippen LogP contribution in [0.3, 0.4) is 0 Å². The Kier molecular flexibility index (Phi) is 6.91. The number of rotatable bonds is 5. The summed E-state index contributed by atoms with van der Waals surface area (Å²) < 4.78 is 118. The van der Waals surface area contributed by atoms with Crippen LogP contribution < -0.4 is 4.80 Å². The van der Waals surface area contributed by atoms with Crippen molar-refractivity contribution in [3.05, 3.63) is 57.6 Å². The number of carbonyl (C=O) groups is 1. The Balaban J connectivity index is 2.15. The number of aryl methyl sites for hydroxylation is 1. The van der Waals surface area contributed by atoms with E-state index in [1.807, 2.05) is 0 Å². The standard InChI is InChI=1S/C19H13F7N4O3S2/c1-3-35(32,33)13-6-10(9-4-11(20)7-12(21)5-9)8-27-14(13)15(31)28-17-30(2)29-16(34-17)18(22,23)19(24,25)26/h4-8H,3H2,1-2H3/b28-17-. The molecule has 3 aromatic rings. The van der Waals surface area contributed by atoms with Crippen molar-refractivity contribution < 1.29 is 43.9 Å². The second-order valence-electron chi connectivity index (χ2n) is 6.93. The summed E-state index contributed by atoms with van der Waals surface area (Å²) in [5.74, 6) is -9.14. The number of carbonyl (C=O) groups excluding carboxylic acids is 1. The van der Waals surface area contributed by atoms with Crippen LogP contribution in [0, 0.1) is 11.6 Å². The number of amides is 1. The number of halogens is 7. The predicted octanol–water partition coefficient (Wildman–Crippen LogP) is 4.01. The van der Waals surface area contributed by atoms with Gasteiger partial charge in [0.25, 0.3) is 5.91 Å². The molecule has 0 aliphatic rings. The van der Waals surface area contributed by atoms with Gasteiger partial charge in [-0.25, -0.2) is 26.9 Å². The zero-order chi connectivity index (χ0) is 26.3. The van der Waals surface area contributed by atoms with Crippen LogP contribution >= 0.6 is 11.3 Å². The lowest BCUT2D eigenvalue weighted by atomic mass is 10.1. The van der Waals surface area contributed by atoms with E-state index in [0.29, 0.717) is 10.7 Å². The second-order valence-corrected chi connectivity index (χ2v) is 10.1. The van der Waals surface area contributed by atoms with Crippen LogP contribution in [0.4, 0.5) is 30.7 Å². The van der Waals surface area contributed by atoms with E-state index in [4.69, 9.17) is 0 Å². The summed E-state index contributed by atoms with van der Waals surface area (Å²) in [5.41, 5.74) is -0.932. The maximum absolute atomic E-state index is 13.6. The zero-order valence-corrected chi connectivity index (χ0v) is 19.2. The average molecular weight is 542 g/mol. The van der Waals surface area contributed by atoms with Gasteiger partial charge in [-0.15, -0.1) is 0 Å². The molecule has 16 heteroatoms. The Bertz CT molecular complexity index is 1460. The van der Waals surface area contributed by atoms with Gasteiger partial charge in [-0.2, -0.15) is 32.0 Å². The topological polar surface area (TPSA) is 94.3 Å². The third kappa shape index (κ3) is 5.27. The molecule has 0 spiro atoms. The van der Waals surface area contributed by atoms with Gasteiger partial charge in [-0.3, -0.25) is 4.79 Å². The number of aromatic nitrogens is 3. The summed E-state index contributed by atoms with van der Waals surface area (Å²) in [6.07, 6.45) is -5.02. The molecule has 3 rings (SSSR count). The quantitative estimate of drug-likeness (QED) is 0.455. The van der Waals surface area contributed by atoms with E-state index in [1.54, 1.807) is 0 Å². The van der Waals surface area contributed by atoms with Gasteiger partial charge in [0.05, 0.1) is 10.6 Å². The van der Waals surface area contributed by atoms with Gasteiger partial charge in [0.2, 0.25) is 4.80 Å². The first-order valence-corrected chi connectivity index (χ1v) is 11.8. The van der Waals surface area contributed by atoms with Gasteiger partial charge in [-0.05, 0) is 23.8 Å². The molecular weight excluding hydrogens is 529 g/mol. The lowest BCUT2D eigenvalue weighted by Gasteiger charge is -2.15. The first-order valence-electron chi connectivity index (χ1n) is 9.34.